The fourth-order valence-electron chi connectivity index (χ4n) is 6.67. The van der Waals surface area contributed by atoms with E-state index in [2.05, 4.69) is 0 Å². The first-order valence-electron chi connectivity index (χ1n) is 11.2. The molecule has 3 aliphatic carbocycles. The van der Waals surface area contributed by atoms with Gasteiger partial charge in [0, 0.05) is 5.41 Å². The number of imide groups is 1. The van der Waals surface area contributed by atoms with Crippen LogP contribution in [0.15, 0.2) is 66.7 Å². The van der Waals surface area contributed by atoms with Crippen LogP contribution in [-0.2, 0) is 25.2 Å². The topological polar surface area (TPSA) is 107 Å². The Labute approximate surface area is 200 Å². The molecule has 2 bridgehead atoms. The third-order valence-electron chi connectivity index (χ3n) is 8.09. The molecule has 8 nitrogen and oxygen atoms in total. The third kappa shape index (κ3) is 2.29. The number of rotatable bonds is 4. The van der Waals surface area contributed by atoms with Gasteiger partial charge in [-0.3, -0.25) is 19.7 Å². The first-order chi connectivity index (χ1) is 16.8. The number of anilines is 1. The van der Waals surface area contributed by atoms with Crippen molar-refractivity contribution in [3.63, 3.8) is 0 Å². The molecule has 7 rings (SSSR count). The highest BCUT2D eigenvalue weighted by atomic mass is 16.6. The van der Waals surface area contributed by atoms with Crippen molar-refractivity contribution in [3.8, 4) is 5.75 Å². The molecule has 3 aromatic rings. The smallest absolute Gasteiger partial charge is 0.297 e. The molecule has 8 heteroatoms. The monoisotopic (exact) mass is 468 g/mol. The number of benzene rings is 3. The van der Waals surface area contributed by atoms with E-state index in [1.54, 1.807) is 0 Å². The standard InChI is InChI=1S/C27H20N2O6/c1-26-16-7-3-5-9-18(16)27(14-30,19-10-6-4-8-17(19)26)23-22(26)24(31)28(25(23)32)20-12-11-15(35-2)13-21(20)29(33)34/h3-14,22-23H,1-2H3/t22-,23-,26?,27?/m1/s1. The molecule has 35 heavy (non-hydrogen) atoms. The molecule has 2 atom stereocenters. The van der Waals surface area contributed by atoms with E-state index in [0.717, 1.165) is 22.3 Å². The van der Waals surface area contributed by atoms with Crippen molar-refractivity contribution in [1.29, 1.82) is 0 Å². The van der Waals surface area contributed by atoms with Gasteiger partial charge in [-0.2, -0.15) is 0 Å². The van der Waals surface area contributed by atoms with Gasteiger partial charge < -0.3 is 9.53 Å². The van der Waals surface area contributed by atoms with Gasteiger partial charge in [-0.05, 0) is 34.4 Å². The zero-order valence-electron chi connectivity index (χ0n) is 18.9. The normalized spacial score (nSPS) is 27.8. The average molecular weight is 468 g/mol. The maximum atomic E-state index is 14.1. The van der Waals surface area contributed by atoms with Crippen LogP contribution < -0.4 is 9.64 Å². The van der Waals surface area contributed by atoms with Crippen LogP contribution in [0.3, 0.4) is 0 Å². The summed E-state index contributed by atoms with van der Waals surface area (Å²) in [7, 11) is 1.38. The summed E-state index contributed by atoms with van der Waals surface area (Å²) in [6.07, 6.45) is 0.776. The van der Waals surface area contributed by atoms with Crippen LogP contribution in [0.5, 0.6) is 5.75 Å². The predicted molar refractivity (Wildman–Crippen MR) is 125 cm³/mol. The van der Waals surface area contributed by atoms with Crippen LogP contribution in [0, 0.1) is 22.0 Å². The molecular formula is C27H20N2O6. The second kappa shape index (κ2) is 6.85. The molecule has 1 aliphatic heterocycles. The fraction of sp³-hybridized carbons (Fsp3) is 0.222. The third-order valence-corrected chi connectivity index (χ3v) is 8.09. The van der Waals surface area contributed by atoms with Gasteiger partial charge in [0.2, 0.25) is 11.8 Å². The molecule has 0 aromatic heterocycles. The van der Waals surface area contributed by atoms with Crippen LogP contribution in [0.2, 0.25) is 0 Å². The van der Waals surface area contributed by atoms with E-state index < -0.39 is 45.1 Å². The summed E-state index contributed by atoms with van der Waals surface area (Å²) < 4.78 is 5.11. The summed E-state index contributed by atoms with van der Waals surface area (Å²) in [5.74, 6) is -2.86. The first kappa shape index (κ1) is 21.2. The van der Waals surface area contributed by atoms with Gasteiger partial charge in [0.1, 0.15) is 17.7 Å². The highest BCUT2D eigenvalue weighted by Gasteiger charge is 2.72. The number of amides is 2. The van der Waals surface area contributed by atoms with Crippen molar-refractivity contribution < 1.29 is 24.0 Å². The predicted octanol–water partition coefficient (Wildman–Crippen LogP) is 3.53. The van der Waals surface area contributed by atoms with Gasteiger partial charge in [0.05, 0.1) is 35.4 Å². The van der Waals surface area contributed by atoms with Crippen molar-refractivity contribution in [2.24, 2.45) is 11.8 Å². The number of nitro benzene ring substituents is 1. The summed E-state index contributed by atoms with van der Waals surface area (Å²) in [6, 6.07) is 18.8. The maximum absolute atomic E-state index is 14.1. The number of nitro groups is 1. The quantitative estimate of drug-likeness (QED) is 0.251. The van der Waals surface area contributed by atoms with Gasteiger partial charge in [-0.1, -0.05) is 55.5 Å². The van der Waals surface area contributed by atoms with Crippen LogP contribution >= 0.6 is 0 Å². The number of methoxy groups -OCH3 is 1. The molecular weight excluding hydrogens is 448 g/mol. The van der Waals surface area contributed by atoms with Gasteiger partial charge in [-0.15, -0.1) is 0 Å². The Morgan fingerprint density at radius 2 is 1.46 bits per heavy atom. The van der Waals surface area contributed by atoms with Crippen molar-refractivity contribution >= 4 is 29.5 Å². The van der Waals surface area contributed by atoms with Crippen molar-refractivity contribution in [2.45, 2.75) is 17.8 Å². The Balaban J connectivity index is 1.65. The lowest BCUT2D eigenvalue weighted by molar-refractivity contribution is -0.384. The Morgan fingerprint density at radius 3 is 1.97 bits per heavy atom. The Bertz CT molecular complexity index is 1430. The Morgan fingerprint density at radius 1 is 0.914 bits per heavy atom. The van der Waals surface area contributed by atoms with E-state index in [-0.39, 0.29) is 11.4 Å². The second-order valence-corrected chi connectivity index (χ2v) is 9.36. The molecule has 2 amide bonds. The number of carbonyl (C=O) groups excluding carboxylic acids is 3. The molecule has 0 radical (unpaired) electrons. The van der Waals surface area contributed by atoms with Crippen molar-refractivity contribution in [1.82, 2.24) is 0 Å². The lowest BCUT2D eigenvalue weighted by Gasteiger charge is -2.56. The zero-order valence-corrected chi connectivity index (χ0v) is 18.9. The summed E-state index contributed by atoms with van der Waals surface area (Å²) in [6.45, 7) is 1.92. The average Bonchev–Trinajstić information content (AvgIpc) is 3.16. The summed E-state index contributed by atoms with van der Waals surface area (Å²) in [5.41, 5.74) is 0.214. The van der Waals surface area contributed by atoms with Crippen LogP contribution in [-0.4, -0.2) is 30.1 Å². The van der Waals surface area contributed by atoms with Gasteiger partial charge in [-0.25, -0.2) is 4.90 Å². The number of hydrogen-bond donors (Lipinski definition) is 0. The van der Waals surface area contributed by atoms with Crippen LogP contribution in [0.1, 0.15) is 29.2 Å². The molecule has 4 aliphatic rings. The molecule has 0 N–H and O–H groups in total. The SMILES string of the molecule is COc1ccc(N2C(=O)[C@H]3[C@H](C2=O)C2(C=O)c4ccccc4C3(C)c3ccccc32)c([N+](=O)[O-])c1. The van der Waals surface area contributed by atoms with E-state index in [0.29, 0.717) is 11.1 Å². The molecule has 1 saturated heterocycles. The first-order valence-corrected chi connectivity index (χ1v) is 11.2. The summed E-state index contributed by atoms with van der Waals surface area (Å²) in [4.78, 5) is 53.4. The Hall–Kier alpha value is -4.33. The van der Waals surface area contributed by atoms with E-state index in [1.165, 1.54) is 25.3 Å². The lowest BCUT2D eigenvalue weighted by Crippen LogP contribution is -2.61. The molecule has 174 valence electrons. The minimum Gasteiger partial charge on any atom is -0.496 e. The van der Waals surface area contributed by atoms with E-state index in [1.807, 2.05) is 55.5 Å². The number of hydrogen-bond acceptors (Lipinski definition) is 6. The largest absolute Gasteiger partial charge is 0.496 e. The zero-order chi connectivity index (χ0) is 24.7. The van der Waals surface area contributed by atoms with Crippen LogP contribution in [0.4, 0.5) is 11.4 Å². The molecule has 0 saturated carbocycles. The highest BCUT2D eigenvalue weighted by Crippen LogP contribution is 2.66. The van der Waals surface area contributed by atoms with Gasteiger partial charge in [0.25, 0.3) is 5.69 Å². The maximum Gasteiger partial charge on any atom is 0.297 e. The number of nitrogens with zero attached hydrogens (tertiary/aromatic N) is 2. The summed E-state index contributed by atoms with van der Waals surface area (Å²) in [5, 5.41) is 11.9. The van der Waals surface area contributed by atoms with Gasteiger partial charge in [0.15, 0.2) is 0 Å². The van der Waals surface area contributed by atoms with Gasteiger partial charge >= 0.3 is 0 Å². The summed E-state index contributed by atoms with van der Waals surface area (Å²) >= 11 is 0. The minimum absolute atomic E-state index is 0.127. The molecule has 1 fully saturated rings. The minimum atomic E-state index is -1.38. The second-order valence-electron chi connectivity index (χ2n) is 9.36. The van der Waals surface area contributed by atoms with Crippen molar-refractivity contribution in [3.05, 3.63) is 99.1 Å². The molecule has 1 heterocycles. The van der Waals surface area contributed by atoms with Crippen LogP contribution in [0.25, 0.3) is 0 Å². The Kier molecular flexibility index (Phi) is 4.15. The van der Waals surface area contributed by atoms with E-state index >= 15 is 0 Å². The highest BCUT2D eigenvalue weighted by molar-refractivity contribution is 6.26. The number of aldehydes is 1. The van der Waals surface area contributed by atoms with Crippen molar-refractivity contribution in [2.75, 3.05) is 12.0 Å². The van der Waals surface area contributed by atoms with E-state index in [9.17, 15) is 24.5 Å². The number of ether oxygens (including phenoxy) is 1. The lowest BCUT2D eigenvalue weighted by atomic mass is 9.42. The molecule has 3 aromatic carbocycles. The number of carbonyl (C=O) groups is 3. The molecule has 0 unspecified atom stereocenters. The molecule has 0 spiro atoms. The van der Waals surface area contributed by atoms with E-state index in [4.69, 9.17) is 4.74 Å². The fourth-order valence-corrected chi connectivity index (χ4v) is 6.67.